The number of aromatic nitrogens is 3. The minimum absolute atomic E-state index is 0. The van der Waals surface area contributed by atoms with Crippen LogP contribution >= 0.6 is 0 Å². The number of hydrogen-bond acceptors (Lipinski definition) is 2. The van der Waals surface area contributed by atoms with Crippen LogP contribution in [0, 0.1) is 20.8 Å². The molecule has 0 saturated heterocycles. The average Bonchev–Trinajstić information content (AvgIpc) is 3.72. The van der Waals surface area contributed by atoms with Crippen LogP contribution < -0.4 is 25.7 Å². The first-order valence-electron chi connectivity index (χ1n) is 16.8. The molecule has 8 bridgehead atoms. The van der Waals surface area contributed by atoms with Crippen LogP contribution in [0.15, 0.2) is 47.2 Å². The summed E-state index contributed by atoms with van der Waals surface area (Å²) in [6, 6.07) is 10.3. The minimum atomic E-state index is -0.879. The molecule has 6 rings (SSSR count). The second kappa shape index (κ2) is 14.6. The van der Waals surface area contributed by atoms with E-state index >= 15 is 0 Å². The van der Waals surface area contributed by atoms with E-state index in [9.17, 15) is 19.8 Å². The van der Waals surface area contributed by atoms with E-state index in [0.717, 1.165) is 85.5 Å². The number of hydrogen-bond donors (Lipinski definition) is 2. The molecule has 0 amide bonds. The van der Waals surface area contributed by atoms with Crippen molar-refractivity contribution in [3.63, 3.8) is 0 Å². The maximum absolute atomic E-state index is 11.7. The molecule has 0 aliphatic carbocycles. The quantitative estimate of drug-likeness (QED) is 0.215. The molecule has 9 heteroatoms. The van der Waals surface area contributed by atoms with Gasteiger partial charge in [-0.1, -0.05) is 113 Å². The summed E-state index contributed by atoms with van der Waals surface area (Å²) in [5.74, 6) is -1.87. The first-order valence-corrected chi connectivity index (χ1v) is 16.8. The standard InChI is InChI=1S/C40H42N4O4.Fe/c1-7-26-24(6)39-38(25-12-10-9-11-13-25)40-27(8-2)21(3)32(43-40)18-30-22(4)28(14-16-36(45)46)34(41-30)20-35-29(15-17-37(47)48)23(5)31(42-35)19-33(26)44-39;/h9-13,18-20,38,40H,7-8,14-17H2,1-6H3,(H,45,46)(H,47,48);/q-4;+4/b31-19-,32-18-,35-20-;/t38-,40?;/m1./s1. The summed E-state index contributed by atoms with van der Waals surface area (Å²) < 4.78 is 0. The van der Waals surface area contributed by atoms with Gasteiger partial charge in [-0.25, -0.2) is 0 Å². The number of allylic oxidation sites excluding steroid dienone is 1. The van der Waals surface area contributed by atoms with Crippen LogP contribution in [0.2, 0.25) is 0 Å². The van der Waals surface area contributed by atoms with E-state index in [4.69, 9.17) is 20.3 Å². The molecular weight excluding hydrogens is 656 g/mol. The van der Waals surface area contributed by atoms with Gasteiger partial charge in [-0.2, -0.15) is 0 Å². The molecule has 4 aromatic rings. The van der Waals surface area contributed by atoms with Crippen molar-refractivity contribution in [2.75, 3.05) is 0 Å². The Morgan fingerprint density at radius 3 is 1.96 bits per heavy atom. The van der Waals surface area contributed by atoms with Gasteiger partial charge in [0.2, 0.25) is 0 Å². The molecule has 49 heavy (non-hydrogen) atoms. The van der Waals surface area contributed by atoms with Gasteiger partial charge in [-0.15, -0.1) is 39.2 Å². The minimum Gasteiger partial charge on any atom is -0.677 e. The second-order valence-electron chi connectivity index (χ2n) is 12.9. The fourth-order valence-corrected chi connectivity index (χ4v) is 7.51. The number of carboxylic acids is 2. The molecule has 1 aromatic carbocycles. The van der Waals surface area contributed by atoms with Crippen molar-refractivity contribution in [2.24, 2.45) is 0 Å². The van der Waals surface area contributed by atoms with Crippen LogP contribution in [-0.4, -0.2) is 28.2 Å². The summed E-state index contributed by atoms with van der Waals surface area (Å²) in [6.07, 6.45) is 8.18. The molecule has 8 nitrogen and oxygen atoms in total. The van der Waals surface area contributed by atoms with Crippen molar-refractivity contribution in [3.8, 4) is 0 Å². The van der Waals surface area contributed by atoms with Crippen molar-refractivity contribution in [2.45, 2.75) is 92.0 Å². The number of carbonyl (C=O) groups is 2. The van der Waals surface area contributed by atoms with Crippen LogP contribution in [0.5, 0.6) is 0 Å². The van der Waals surface area contributed by atoms with Crippen LogP contribution in [0.4, 0.5) is 0 Å². The zero-order valence-electron chi connectivity index (χ0n) is 28.9. The number of aliphatic carboxylic acids is 2. The van der Waals surface area contributed by atoms with Gasteiger partial charge in [0.1, 0.15) is 0 Å². The maximum Gasteiger partial charge on any atom is 4.00 e. The molecule has 1 unspecified atom stereocenters. The fourth-order valence-electron chi connectivity index (χ4n) is 7.51. The predicted octanol–water partition coefficient (Wildman–Crippen LogP) is 5.70. The van der Waals surface area contributed by atoms with Gasteiger partial charge in [0.15, 0.2) is 0 Å². The molecule has 0 spiro atoms. The molecule has 2 N–H and O–H groups in total. The smallest absolute Gasteiger partial charge is 0.677 e. The van der Waals surface area contributed by atoms with Crippen molar-refractivity contribution < 1.29 is 36.9 Å². The summed E-state index contributed by atoms with van der Waals surface area (Å²) in [7, 11) is 0. The van der Waals surface area contributed by atoms with Crippen molar-refractivity contribution >= 4 is 30.2 Å². The van der Waals surface area contributed by atoms with Gasteiger partial charge in [0.25, 0.3) is 0 Å². The second-order valence-corrected chi connectivity index (χ2v) is 12.9. The molecule has 0 radical (unpaired) electrons. The van der Waals surface area contributed by atoms with Crippen LogP contribution in [-0.2, 0) is 45.9 Å². The van der Waals surface area contributed by atoms with Gasteiger partial charge in [-0.3, -0.25) is 9.59 Å². The van der Waals surface area contributed by atoms with Gasteiger partial charge in [0, 0.05) is 12.8 Å². The number of fused-ring (bicyclic) bond motifs is 8. The Morgan fingerprint density at radius 2 is 1.33 bits per heavy atom. The Balaban J connectivity index is 0.00000468. The zero-order valence-corrected chi connectivity index (χ0v) is 30.0. The number of nitrogens with zero attached hydrogens (tertiary/aromatic N) is 4. The molecule has 2 atom stereocenters. The van der Waals surface area contributed by atoms with E-state index in [-0.39, 0.29) is 41.9 Å². The molecular formula is C40H42FeN4O4. The summed E-state index contributed by atoms with van der Waals surface area (Å²) in [5.41, 5.74) is 13.6. The third-order valence-corrected chi connectivity index (χ3v) is 10.2. The molecule has 0 fully saturated rings. The maximum atomic E-state index is 11.7. The predicted molar refractivity (Wildman–Crippen MR) is 188 cm³/mol. The van der Waals surface area contributed by atoms with Crippen LogP contribution in [0.1, 0.15) is 108 Å². The number of rotatable bonds is 9. The average molecular weight is 699 g/mol. The van der Waals surface area contributed by atoms with E-state index in [1.165, 1.54) is 5.57 Å². The van der Waals surface area contributed by atoms with Gasteiger partial charge < -0.3 is 30.5 Å². The van der Waals surface area contributed by atoms with Crippen molar-refractivity contribution in [1.29, 1.82) is 0 Å². The Hall–Kier alpha value is -4.46. The number of carboxylic acid groups (broad SMARTS) is 2. The van der Waals surface area contributed by atoms with Gasteiger partial charge in [-0.05, 0) is 64.9 Å². The normalized spacial score (nSPS) is 19.2. The molecule has 0 saturated carbocycles. The molecule has 2 aliphatic rings. The Kier molecular flexibility index (Phi) is 10.7. The molecule has 5 heterocycles. The summed E-state index contributed by atoms with van der Waals surface area (Å²) in [6.45, 7) is 12.6. The third-order valence-electron chi connectivity index (χ3n) is 10.2. The van der Waals surface area contributed by atoms with E-state index in [1.807, 2.05) is 38.1 Å². The van der Waals surface area contributed by atoms with Gasteiger partial charge in [0.05, 0.1) is 0 Å². The molecule has 3 aromatic heterocycles. The number of benzene rings is 1. The van der Waals surface area contributed by atoms with Crippen LogP contribution in [0.3, 0.4) is 0 Å². The van der Waals surface area contributed by atoms with E-state index in [0.29, 0.717) is 23.9 Å². The Bertz CT molecular complexity index is 2090. The van der Waals surface area contributed by atoms with Crippen molar-refractivity contribution in [3.05, 3.63) is 125 Å². The van der Waals surface area contributed by atoms with Crippen LogP contribution in [0.25, 0.3) is 23.5 Å². The zero-order chi connectivity index (χ0) is 34.3. The van der Waals surface area contributed by atoms with E-state index < -0.39 is 11.9 Å². The first kappa shape index (κ1) is 35.8. The Morgan fingerprint density at radius 1 is 0.694 bits per heavy atom. The summed E-state index contributed by atoms with van der Waals surface area (Å²) in [5, 5.41) is 26.0. The molecule has 2 aliphatic heterocycles. The summed E-state index contributed by atoms with van der Waals surface area (Å²) >= 11 is 0. The fraction of sp³-hybridized carbons (Fsp3) is 0.350. The van der Waals surface area contributed by atoms with E-state index in [1.54, 1.807) is 0 Å². The first-order chi connectivity index (χ1) is 23.0. The Labute approximate surface area is 298 Å². The molecule has 254 valence electrons. The topological polar surface area (TPSA) is 131 Å². The third kappa shape index (κ3) is 6.74. The summed E-state index contributed by atoms with van der Waals surface area (Å²) in [4.78, 5) is 38.9. The van der Waals surface area contributed by atoms with Crippen molar-refractivity contribution in [1.82, 2.24) is 15.0 Å². The van der Waals surface area contributed by atoms with Gasteiger partial charge >= 0.3 is 29.0 Å². The largest absolute Gasteiger partial charge is 4.00 e. The van der Waals surface area contributed by atoms with E-state index in [2.05, 4.69) is 52.0 Å². The monoisotopic (exact) mass is 698 g/mol. The SMILES string of the molecule is CCC1=C(C)/C2=C/c3[n-]c(c(CCC(=O)O)c3C)/C=c3\[n-]/c(c(C)c3CCC(=O)O)=C\c3[n-]c(c(C)c3CC)[C@@H](c3ccccc3)C1[N-]2.[Fe+4].